The van der Waals surface area contributed by atoms with Crippen LogP contribution in [0.2, 0.25) is 0 Å². The summed E-state index contributed by atoms with van der Waals surface area (Å²) >= 11 is 1.57. The molecule has 0 aliphatic rings. The number of fused-ring (bicyclic) bond motifs is 1. The van der Waals surface area contributed by atoms with Crippen molar-refractivity contribution in [2.45, 2.75) is 12.8 Å². The Hall–Kier alpha value is -3.25. The second kappa shape index (κ2) is 8.19. The molecule has 0 saturated carbocycles. The molecule has 0 unspecified atom stereocenters. The molecule has 0 atom stereocenters. The number of rotatable bonds is 6. The van der Waals surface area contributed by atoms with Crippen molar-refractivity contribution in [3.8, 4) is 17.0 Å². The van der Waals surface area contributed by atoms with Crippen LogP contribution in [0.15, 0.2) is 66.2 Å². The zero-order valence-corrected chi connectivity index (χ0v) is 16.2. The molecule has 2 aromatic heterocycles. The van der Waals surface area contributed by atoms with E-state index in [1.165, 1.54) is 0 Å². The fourth-order valence-electron chi connectivity index (χ4n) is 2.96. The molecule has 140 valence electrons. The fourth-order valence-corrected chi connectivity index (χ4v) is 3.77. The van der Waals surface area contributed by atoms with E-state index in [1.54, 1.807) is 24.6 Å². The first-order chi connectivity index (χ1) is 13.7. The quantitative estimate of drug-likeness (QED) is 0.507. The molecule has 0 radical (unpaired) electrons. The average Bonchev–Trinajstić information content (AvgIpc) is 3.22. The Balaban J connectivity index is 1.39. The van der Waals surface area contributed by atoms with Gasteiger partial charge in [0.15, 0.2) is 0 Å². The molecule has 1 amide bonds. The van der Waals surface area contributed by atoms with E-state index < -0.39 is 0 Å². The number of thiazole rings is 1. The molecule has 0 spiro atoms. The summed E-state index contributed by atoms with van der Waals surface area (Å²) in [6.45, 7) is 0. The van der Waals surface area contributed by atoms with E-state index in [9.17, 15) is 4.79 Å². The van der Waals surface area contributed by atoms with Crippen LogP contribution >= 0.6 is 11.3 Å². The Morgan fingerprint density at radius 2 is 1.93 bits per heavy atom. The highest BCUT2D eigenvalue weighted by Crippen LogP contribution is 2.25. The van der Waals surface area contributed by atoms with Gasteiger partial charge in [-0.15, -0.1) is 11.3 Å². The SMILES string of the molecule is COc1ccc(-c2csc(CCC(=O)Nc3cccc4cccnc34)n2)cc1. The van der Waals surface area contributed by atoms with Crippen LogP contribution in [0.1, 0.15) is 11.4 Å². The highest BCUT2D eigenvalue weighted by atomic mass is 32.1. The Bertz CT molecular complexity index is 1100. The van der Waals surface area contributed by atoms with E-state index in [2.05, 4.69) is 15.3 Å². The van der Waals surface area contributed by atoms with E-state index in [1.807, 2.05) is 60.0 Å². The van der Waals surface area contributed by atoms with E-state index in [0.29, 0.717) is 12.8 Å². The third kappa shape index (κ3) is 4.02. The summed E-state index contributed by atoms with van der Waals surface area (Å²) in [6.07, 6.45) is 2.71. The predicted octanol–water partition coefficient (Wildman–Crippen LogP) is 4.94. The Labute approximate surface area is 167 Å². The molecular formula is C22H19N3O2S. The first-order valence-corrected chi connectivity index (χ1v) is 9.83. The van der Waals surface area contributed by atoms with Crippen LogP contribution in [-0.2, 0) is 11.2 Å². The van der Waals surface area contributed by atoms with Gasteiger partial charge in [0.05, 0.1) is 29.0 Å². The third-order valence-corrected chi connectivity index (χ3v) is 5.32. The average molecular weight is 389 g/mol. The summed E-state index contributed by atoms with van der Waals surface area (Å²) in [6, 6.07) is 17.4. The van der Waals surface area contributed by atoms with Gasteiger partial charge in [-0.1, -0.05) is 18.2 Å². The van der Waals surface area contributed by atoms with Crippen LogP contribution < -0.4 is 10.1 Å². The first kappa shape index (κ1) is 18.1. The number of aryl methyl sites for hydroxylation is 1. The number of methoxy groups -OCH3 is 1. The topological polar surface area (TPSA) is 64.1 Å². The molecule has 0 aliphatic carbocycles. The number of carbonyl (C=O) groups is 1. The van der Waals surface area contributed by atoms with Gasteiger partial charge in [-0.2, -0.15) is 0 Å². The van der Waals surface area contributed by atoms with Crippen LogP contribution in [-0.4, -0.2) is 23.0 Å². The second-order valence-electron chi connectivity index (χ2n) is 6.28. The summed E-state index contributed by atoms with van der Waals surface area (Å²) < 4.78 is 5.18. The maximum Gasteiger partial charge on any atom is 0.224 e. The van der Waals surface area contributed by atoms with Crippen molar-refractivity contribution in [3.05, 3.63) is 71.2 Å². The van der Waals surface area contributed by atoms with Crippen molar-refractivity contribution < 1.29 is 9.53 Å². The lowest BCUT2D eigenvalue weighted by molar-refractivity contribution is -0.116. The minimum Gasteiger partial charge on any atom is -0.497 e. The molecule has 6 heteroatoms. The van der Waals surface area contributed by atoms with Gasteiger partial charge in [-0.3, -0.25) is 9.78 Å². The first-order valence-electron chi connectivity index (χ1n) is 8.95. The second-order valence-corrected chi connectivity index (χ2v) is 7.23. The zero-order chi connectivity index (χ0) is 19.3. The monoisotopic (exact) mass is 389 g/mol. The Kier molecular flexibility index (Phi) is 5.30. The number of nitrogens with one attached hydrogen (secondary N) is 1. The minimum atomic E-state index is -0.0423. The van der Waals surface area contributed by atoms with Gasteiger partial charge in [0.25, 0.3) is 0 Å². The van der Waals surface area contributed by atoms with Crippen LogP contribution in [0.25, 0.3) is 22.2 Å². The Morgan fingerprint density at radius 3 is 2.75 bits per heavy atom. The largest absolute Gasteiger partial charge is 0.497 e. The number of benzene rings is 2. The highest BCUT2D eigenvalue weighted by Gasteiger charge is 2.10. The number of pyridine rings is 1. The fraction of sp³-hybridized carbons (Fsp3) is 0.136. The number of aromatic nitrogens is 2. The number of ether oxygens (including phenoxy) is 1. The van der Waals surface area contributed by atoms with Crippen LogP contribution in [0.3, 0.4) is 0 Å². The summed E-state index contributed by atoms with van der Waals surface area (Å²) in [4.78, 5) is 21.4. The van der Waals surface area contributed by atoms with E-state index >= 15 is 0 Å². The van der Waals surface area contributed by atoms with Crippen molar-refractivity contribution in [2.24, 2.45) is 0 Å². The summed E-state index contributed by atoms with van der Waals surface area (Å²) in [5, 5.41) is 6.93. The van der Waals surface area contributed by atoms with Gasteiger partial charge in [0, 0.05) is 35.4 Å². The maximum absolute atomic E-state index is 12.4. The summed E-state index contributed by atoms with van der Waals surface area (Å²) in [5.41, 5.74) is 3.49. The van der Waals surface area contributed by atoms with Crippen molar-refractivity contribution in [2.75, 3.05) is 12.4 Å². The van der Waals surface area contributed by atoms with Crippen molar-refractivity contribution in [3.63, 3.8) is 0 Å². The summed E-state index contributed by atoms with van der Waals surface area (Å²) in [7, 11) is 1.65. The van der Waals surface area contributed by atoms with Gasteiger partial charge < -0.3 is 10.1 Å². The van der Waals surface area contributed by atoms with Crippen LogP contribution in [0.5, 0.6) is 5.75 Å². The highest BCUT2D eigenvalue weighted by molar-refractivity contribution is 7.09. The van der Waals surface area contributed by atoms with Gasteiger partial charge in [0.2, 0.25) is 5.91 Å². The lowest BCUT2D eigenvalue weighted by Crippen LogP contribution is -2.12. The molecule has 1 N–H and O–H groups in total. The molecule has 4 aromatic rings. The number of amides is 1. The number of anilines is 1. The molecular weight excluding hydrogens is 370 g/mol. The molecule has 0 fully saturated rings. The van der Waals surface area contributed by atoms with Gasteiger partial charge in [0.1, 0.15) is 5.75 Å². The molecule has 0 bridgehead atoms. The molecule has 4 rings (SSSR count). The normalized spacial score (nSPS) is 10.8. The van der Waals surface area contributed by atoms with E-state index in [0.717, 1.165) is 38.6 Å². The minimum absolute atomic E-state index is 0.0423. The maximum atomic E-state index is 12.4. The summed E-state index contributed by atoms with van der Waals surface area (Å²) in [5.74, 6) is 0.776. The zero-order valence-electron chi connectivity index (χ0n) is 15.4. The molecule has 5 nitrogen and oxygen atoms in total. The standard InChI is InChI=1S/C22H19N3O2S/c1-27-17-9-7-15(8-10-17)19-14-28-21(25-19)12-11-20(26)24-18-6-2-4-16-5-3-13-23-22(16)18/h2-10,13-14H,11-12H2,1H3,(H,24,26). The van der Waals surface area contributed by atoms with Crippen molar-refractivity contribution in [1.82, 2.24) is 9.97 Å². The van der Waals surface area contributed by atoms with E-state index in [4.69, 9.17) is 4.74 Å². The van der Waals surface area contributed by atoms with Crippen LogP contribution in [0.4, 0.5) is 5.69 Å². The molecule has 28 heavy (non-hydrogen) atoms. The lowest BCUT2D eigenvalue weighted by Gasteiger charge is -2.07. The number of hydrogen-bond donors (Lipinski definition) is 1. The number of para-hydroxylation sites is 1. The van der Waals surface area contributed by atoms with Crippen LogP contribution in [0, 0.1) is 0 Å². The number of hydrogen-bond acceptors (Lipinski definition) is 5. The predicted molar refractivity (Wildman–Crippen MR) is 113 cm³/mol. The Morgan fingerprint density at radius 1 is 1.11 bits per heavy atom. The molecule has 0 saturated heterocycles. The number of carbonyl (C=O) groups excluding carboxylic acids is 1. The van der Waals surface area contributed by atoms with Gasteiger partial charge in [-0.05, 0) is 36.4 Å². The molecule has 0 aliphatic heterocycles. The molecule has 2 heterocycles. The lowest BCUT2D eigenvalue weighted by atomic mass is 10.1. The molecule has 2 aromatic carbocycles. The van der Waals surface area contributed by atoms with E-state index in [-0.39, 0.29) is 5.91 Å². The van der Waals surface area contributed by atoms with Gasteiger partial charge in [-0.25, -0.2) is 4.98 Å². The third-order valence-electron chi connectivity index (χ3n) is 4.41. The smallest absolute Gasteiger partial charge is 0.224 e. The number of nitrogens with zero attached hydrogens (tertiary/aromatic N) is 2. The van der Waals surface area contributed by atoms with Crippen molar-refractivity contribution in [1.29, 1.82) is 0 Å². The van der Waals surface area contributed by atoms with Crippen molar-refractivity contribution >= 4 is 33.8 Å². The van der Waals surface area contributed by atoms with Gasteiger partial charge >= 0.3 is 0 Å².